The van der Waals surface area contributed by atoms with Crippen molar-refractivity contribution in [3.05, 3.63) is 23.5 Å². The molecule has 0 spiro atoms. The van der Waals surface area contributed by atoms with Crippen LogP contribution in [0.2, 0.25) is 0 Å². The molecule has 1 atom stereocenters. The smallest absolute Gasteiger partial charge is 0.257 e. The summed E-state index contributed by atoms with van der Waals surface area (Å²) in [6, 6.07) is 2.20. The number of nitrogens with one attached hydrogen (secondary N) is 1. The van der Waals surface area contributed by atoms with Crippen LogP contribution >= 0.6 is 0 Å². The topological polar surface area (TPSA) is 45.2 Å². The van der Waals surface area contributed by atoms with Gasteiger partial charge in [-0.3, -0.25) is 9.78 Å². The van der Waals surface area contributed by atoms with Crippen LogP contribution in [0, 0.1) is 6.92 Å². The van der Waals surface area contributed by atoms with E-state index in [2.05, 4.69) is 31.1 Å². The summed E-state index contributed by atoms with van der Waals surface area (Å²) in [5, 5.41) is 3.33. The zero-order chi connectivity index (χ0) is 15.1. The summed E-state index contributed by atoms with van der Waals surface area (Å²) in [5.74, 6) is 0.0629. The van der Waals surface area contributed by atoms with Gasteiger partial charge in [-0.2, -0.15) is 0 Å². The molecule has 4 heteroatoms. The van der Waals surface area contributed by atoms with Gasteiger partial charge in [0.05, 0.1) is 11.3 Å². The molecule has 4 nitrogen and oxygen atoms in total. The normalized spacial score (nSPS) is 12.1. The highest BCUT2D eigenvalue weighted by Gasteiger charge is 2.21. The van der Waals surface area contributed by atoms with Gasteiger partial charge in [-0.1, -0.05) is 13.8 Å². The number of aryl methyl sites for hydroxylation is 1. The summed E-state index contributed by atoms with van der Waals surface area (Å²) < 4.78 is 0. The largest absolute Gasteiger partial charge is 0.384 e. The maximum Gasteiger partial charge on any atom is 0.257 e. The van der Waals surface area contributed by atoms with E-state index in [-0.39, 0.29) is 11.9 Å². The number of carbonyl (C=O) groups is 1. The van der Waals surface area contributed by atoms with Gasteiger partial charge in [-0.25, -0.2) is 0 Å². The molecule has 0 aliphatic heterocycles. The summed E-state index contributed by atoms with van der Waals surface area (Å²) in [5.41, 5.74) is 2.49. The third kappa shape index (κ3) is 3.95. The Labute approximate surface area is 122 Å². The number of carbonyl (C=O) groups excluding carboxylic acids is 1. The number of amides is 1. The van der Waals surface area contributed by atoms with E-state index in [0.29, 0.717) is 5.56 Å². The fourth-order valence-electron chi connectivity index (χ4n) is 2.17. The maximum atomic E-state index is 12.7. The Morgan fingerprint density at radius 2 is 2.10 bits per heavy atom. The minimum atomic E-state index is 0.0629. The quantitative estimate of drug-likeness (QED) is 0.830. The van der Waals surface area contributed by atoms with Crippen LogP contribution in [0.3, 0.4) is 0 Å². The van der Waals surface area contributed by atoms with Crippen molar-refractivity contribution in [1.29, 1.82) is 0 Å². The van der Waals surface area contributed by atoms with Crippen molar-refractivity contribution < 1.29 is 4.79 Å². The zero-order valence-electron chi connectivity index (χ0n) is 13.4. The van der Waals surface area contributed by atoms with Gasteiger partial charge in [-0.05, 0) is 39.7 Å². The lowest BCUT2D eigenvalue weighted by atomic mass is 10.1. The predicted molar refractivity (Wildman–Crippen MR) is 84.2 cm³/mol. The SMILES string of the molecule is CCCNc1cc(C)ncc1C(=O)N(CC)C(C)CC. The molecule has 1 aromatic heterocycles. The highest BCUT2D eigenvalue weighted by Crippen LogP contribution is 2.19. The van der Waals surface area contributed by atoms with Crippen molar-refractivity contribution in [1.82, 2.24) is 9.88 Å². The molecular weight excluding hydrogens is 250 g/mol. The summed E-state index contributed by atoms with van der Waals surface area (Å²) in [4.78, 5) is 18.9. The Balaban J connectivity index is 3.07. The molecule has 1 amide bonds. The molecule has 0 aliphatic rings. The first-order chi connectivity index (χ1) is 9.54. The molecule has 1 heterocycles. The molecule has 1 aromatic rings. The van der Waals surface area contributed by atoms with Crippen LogP contribution in [-0.2, 0) is 0 Å². The van der Waals surface area contributed by atoms with E-state index in [0.717, 1.165) is 37.3 Å². The lowest BCUT2D eigenvalue weighted by molar-refractivity contribution is 0.0700. The number of anilines is 1. The van der Waals surface area contributed by atoms with Crippen LogP contribution < -0.4 is 5.32 Å². The first kappa shape index (κ1) is 16.5. The van der Waals surface area contributed by atoms with Crippen molar-refractivity contribution >= 4 is 11.6 Å². The summed E-state index contributed by atoms with van der Waals surface area (Å²) in [6.07, 6.45) is 3.68. The summed E-state index contributed by atoms with van der Waals surface area (Å²) in [7, 11) is 0. The van der Waals surface area contributed by atoms with E-state index < -0.39 is 0 Å². The second kappa shape index (κ2) is 7.88. The van der Waals surface area contributed by atoms with Crippen LogP contribution in [0.25, 0.3) is 0 Å². The van der Waals surface area contributed by atoms with E-state index in [9.17, 15) is 4.79 Å². The van der Waals surface area contributed by atoms with Crippen molar-refractivity contribution in [3.8, 4) is 0 Å². The first-order valence-electron chi connectivity index (χ1n) is 7.56. The second-order valence-electron chi connectivity index (χ2n) is 5.15. The van der Waals surface area contributed by atoms with Gasteiger partial charge in [-0.15, -0.1) is 0 Å². The fraction of sp³-hybridized carbons (Fsp3) is 0.625. The number of hydrogen-bond acceptors (Lipinski definition) is 3. The van der Waals surface area contributed by atoms with Crippen molar-refractivity contribution in [3.63, 3.8) is 0 Å². The number of hydrogen-bond donors (Lipinski definition) is 1. The zero-order valence-corrected chi connectivity index (χ0v) is 13.4. The molecule has 20 heavy (non-hydrogen) atoms. The van der Waals surface area contributed by atoms with E-state index in [1.54, 1.807) is 6.20 Å². The van der Waals surface area contributed by atoms with Crippen LogP contribution in [0.15, 0.2) is 12.3 Å². The highest BCUT2D eigenvalue weighted by molar-refractivity contribution is 5.99. The molecular formula is C16H27N3O. The third-order valence-electron chi connectivity index (χ3n) is 3.56. The Kier molecular flexibility index (Phi) is 6.49. The van der Waals surface area contributed by atoms with Gasteiger partial charge in [0, 0.05) is 31.0 Å². The summed E-state index contributed by atoms with van der Waals surface area (Å²) >= 11 is 0. The van der Waals surface area contributed by atoms with Crippen LogP contribution in [0.4, 0.5) is 5.69 Å². The van der Waals surface area contributed by atoms with Crippen molar-refractivity contribution in [2.45, 2.75) is 53.5 Å². The van der Waals surface area contributed by atoms with E-state index in [4.69, 9.17) is 0 Å². The predicted octanol–water partition coefficient (Wildman–Crippen LogP) is 3.47. The molecule has 0 saturated carbocycles. The van der Waals surface area contributed by atoms with Crippen LogP contribution in [0.5, 0.6) is 0 Å². The standard InChI is InChI=1S/C16H27N3O/c1-6-9-17-15-10-12(4)18-11-14(15)16(20)19(8-3)13(5)7-2/h10-11,13H,6-9H2,1-5H3,(H,17,18). The summed E-state index contributed by atoms with van der Waals surface area (Å²) in [6.45, 7) is 11.8. The van der Waals surface area contributed by atoms with Crippen molar-refractivity contribution in [2.75, 3.05) is 18.4 Å². The average Bonchev–Trinajstić information content (AvgIpc) is 2.45. The molecule has 112 valence electrons. The van der Waals surface area contributed by atoms with E-state index in [1.807, 2.05) is 24.8 Å². The minimum Gasteiger partial charge on any atom is -0.384 e. The second-order valence-corrected chi connectivity index (χ2v) is 5.15. The molecule has 0 fully saturated rings. The van der Waals surface area contributed by atoms with Gasteiger partial charge in [0.1, 0.15) is 0 Å². The molecule has 1 unspecified atom stereocenters. The number of rotatable bonds is 7. The lowest BCUT2D eigenvalue weighted by Gasteiger charge is -2.28. The van der Waals surface area contributed by atoms with E-state index >= 15 is 0 Å². The van der Waals surface area contributed by atoms with Crippen molar-refractivity contribution in [2.24, 2.45) is 0 Å². The lowest BCUT2D eigenvalue weighted by Crippen LogP contribution is -2.38. The van der Waals surface area contributed by atoms with Gasteiger partial charge in [0.15, 0.2) is 0 Å². The Morgan fingerprint density at radius 3 is 2.65 bits per heavy atom. The minimum absolute atomic E-state index is 0.0629. The van der Waals surface area contributed by atoms with Gasteiger partial charge >= 0.3 is 0 Å². The Morgan fingerprint density at radius 1 is 1.40 bits per heavy atom. The maximum absolute atomic E-state index is 12.7. The number of pyridine rings is 1. The van der Waals surface area contributed by atoms with E-state index in [1.165, 1.54) is 0 Å². The van der Waals surface area contributed by atoms with Gasteiger partial charge < -0.3 is 10.2 Å². The average molecular weight is 277 g/mol. The molecule has 0 radical (unpaired) electrons. The number of aromatic nitrogens is 1. The highest BCUT2D eigenvalue weighted by atomic mass is 16.2. The molecule has 0 aliphatic carbocycles. The molecule has 1 N–H and O–H groups in total. The first-order valence-corrected chi connectivity index (χ1v) is 7.56. The van der Waals surface area contributed by atoms with Gasteiger partial charge in [0.2, 0.25) is 0 Å². The van der Waals surface area contributed by atoms with Crippen LogP contribution in [-0.4, -0.2) is 34.9 Å². The molecule has 0 saturated heterocycles. The molecule has 0 aromatic carbocycles. The van der Waals surface area contributed by atoms with Gasteiger partial charge in [0.25, 0.3) is 5.91 Å². The number of nitrogens with zero attached hydrogens (tertiary/aromatic N) is 2. The Hall–Kier alpha value is -1.58. The molecule has 0 bridgehead atoms. The molecule has 1 rings (SSSR count). The van der Waals surface area contributed by atoms with Crippen LogP contribution in [0.1, 0.15) is 56.6 Å². The third-order valence-corrected chi connectivity index (χ3v) is 3.56. The fourth-order valence-corrected chi connectivity index (χ4v) is 2.17. The monoisotopic (exact) mass is 277 g/mol. The Bertz CT molecular complexity index is 445.